The number of nitrogens with one attached hydrogen (secondary N) is 2. The van der Waals surface area contributed by atoms with Gasteiger partial charge in [-0.2, -0.15) is 0 Å². The third kappa shape index (κ3) is 2.43. The highest BCUT2D eigenvalue weighted by molar-refractivity contribution is 5.19. The van der Waals surface area contributed by atoms with Gasteiger partial charge in [-0.15, -0.1) is 0 Å². The maximum absolute atomic E-state index is 13.2. The molecule has 1 aromatic heterocycles. The largest absolute Gasteiger partial charge is 0.347 e. The van der Waals surface area contributed by atoms with Crippen LogP contribution in [0.2, 0.25) is 0 Å². The fraction of sp³-hybridized carbons (Fsp3) is 0.182. The average Bonchev–Trinajstić information content (AvgIpc) is 2.75. The lowest BCUT2D eigenvalue weighted by molar-refractivity contribution is 0.534. The number of H-pyrrole nitrogens is 1. The molecule has 0 unspecified atom stereocenters. The van der Waals surface area contributed by atoms with Crippen LogP contribution in [0.25, 0.3) is 0 Å². The maximum atomic E-state index is 13.2. The van der Waals surface area contributed by atoms with Crippen LogP contribution in [0.5, 0.6) is 0 Å². The zero-order valence-electron chi connectivity index (χ0n) is 8.50. The first-order valence-corrected chi connectivity index (χ1v) is 4.88. The Morgan fingerprint density at radius 2 is 1.94 bits per heavy atom. The van der Waals surface area contributed by atoms with E-state index in [1.807, 2.05) is 0 Å². The minimum Gasteiger partial charge on any atom is -0.347 e. The SMILES string of the molecule is Fc1cccc(F)c1CNCc1cnc[nH]1. The molecule has 0 amide bonds. The Morgan fingerprint density at radius 3 is 2.56 bits per heavy atom. The number of hydrogen-bond acceptors (Lipinski definition) is 2. The lowest BCUT2D eigenvalue weighted by Crippen LogP contribution is -2.15. The van der Waals surface area contributed by atoms with Gasteiger partial charge in [-0.05, 0) is 12.1 Å². The summed E-state index contributed by atoms with van der Waals surface area (Å²) in [6, 6.07) is 3.84. The Labute approximate surface area is 91.5 Å². The van der Waals surface area contributed by atoms with Crippen LogP contribution in [0, 0.1) is 11.6 Å². The Morgan fingerprint density at radius 1 is 1.19 bits per heavy atom. The number of imidazole rings is 1. The van der Waals surface area contributed by atoms with E-state index in [1.54, 1.807) is 12.5 Å². The van der Waals surface area contributed by atoms with E-state index in [9.17, 15) is 8.78 Å². The molecule has 0 spiro atoms. The second kappa shape index (κ2) is 4.85. The molecule has 1 aromatic carbocycles. The van der Waals surface area contributed by atoms with Crippen LogP contribution in [-0.4, -0.2) is 9.97 Å². The molecule has 0 saturated heterocycles. The van der Waals surface area contributed by atoms with Gasteiger partial charge < -0.3 is 10.3 Å². The van der Waals surface area contributed by atoms with Crippen molar-refractivity contribution in [3.8, 4) is 0 Å². The predicted octanol–water partition coefficient (Wildman–Crippen LogP) is 1.98. The van der Waals surface area contributed by atoms with Gasteiger partial charge in [0.2, 0.25) is 0 Å². The highest BCUT2D eigenvalue weighted by Crippen LogP contribution is 2.11. The zero-order valence-corrected chi connectivity index (χ0v) is 8.50. The predicted molar refractivity (Wildman–Crippen MR) is 55.5 cm³/mol. The first kappa shape index (κ1) is 10.8. The summed E-state index contributed by atoms with van der Waals surface area (Å²) in [6.07, 6.45) is 3.21. The average molecular weight is 223 g/mol. The molecule has 0 atom stereocenters. The Kier molecular flexibility index (Phi) is 3.26. The van der Waals surface area contributed by atoms with Crippen molar-refractivity contribution in [2.75, 3.05) is 0 Å². The first-order valence-electron chi connectivity index (χ1n) is 4.88. The number of hydrogen-bond donors (Lipinski definition) is 2. The molecule has 2 aromatic rings. The van der Waals surface area contributed by atoms with Crippen molar-refractivity contribution in [3.63, 3.8) is 0 Å². The molecule has 0 aliphatic carbocycles. The summed E-state index contributed by atoms with van der Waals surface area (Å²) >= 11 is 0. The third-order valence-electron chi connectivity index (χ3n) is 2.23. The third-order valence-corrected chi connectivity index (χ3v) is 2.23. The molecule has 0 fully saturated rings. The van der Waals surface area contributed by atoms with E-state index in [1.165, 1.54) is 18.2 Å². The van der Waals surface area contributed by atoms with E-state index >= 15 is 0 Å². The van der Waals surface area contributed by atoms with Gasteiger partial charge in [0.15, 0.2) is 0 Å². The van der Waals surface area contributed by atoms with Crippen molar-refractivity contribution in [2.45, 2.75) is 13.1 Å². The summed E-state index contributed by atoms with van der Waals surface area (Å²) in [5, 5.41) is 2.93. The summed E-state index contributed by atoms with van der Waals surface area (Å²) in [6.45, 7) is 0.644. The molecule has 84 valence electrons. The molecule has 2 rings (SSSR count). The molecular weight excluding hydrogens is 212 g/mol. The van der Waals surface area contributed by atoms with E-state index in [0.717, 1.165) is 5.69 Å². The van der Waals surface area contributed by atoms with Crippen LogP contribution in [0.3, 0.4) is 0 Å². The Bertz CT molecular complexity index is 434. The molecule has 3 nitrogen and oxygen atoms in total. The van der Waals surface area contributed by atoms with Crippen LogP contribution < -0.4 is 5.32 Å². The number of benzene rings is 1. The van der Waals surface area contributed by atoms with Crippen LogP contribution in [0.1, 0.15) is 11.3 Å². The molecule has 5 heteroatoms. The summed E-state index contributed by atoms with van der Waals surface area (Å²) < 4.78 is 26.4. The molecule has 0 aliphatic rings. The maximum Gasteiger partial charge on any atom is 0.130 e. The minimum atomic E-state index is -0.530. The molecule has 2 N–H and O–H groups in total. The number of nitrogens with zero attached hydrogens (tertiary/aromatic N) is 1. The topological polar surface area (TPSA) is 40.7 Å². The quantitative estimate of drug-likeness (QED) is 0.832. The molecule has 0 bridgehead atoms. The lowest BCUT2D eigenvalue weighted by Gasteiger charge is -2.05. The van der Waals surface area contributed by atoms with Gasteiger partial charge in [0.05, 0.1) is 6.33 Å². The van der Waals surface area contributed by atoms with E-state index < -0.39 is 11.6 Å². The monoisotopic (exact) mass is 223 g/mol. The van der Waals surface area contributed by atoms with E-state index in [0.29, 0.717) is 6.54 Å². The van der Waals surface area contributed by atoms with Gasteiger partial charge in [-0.1, -0.05) is 6.07 Å². The summed E-state index contributed by atoms with van der Waals surface area (Å²) in [7, 11) is 0. The van der Waals surface area contributed by atoms with E-state index in [-0.39, 0.29) is 12.1 Å². The van der Waals surface area contributed by atoms with Crippen molar-refractivity contribution < 1.29 is 8.78 Å². The van der Waals surface area contributed by atoms with Crippen LogP contribution in [-0.2, 0) is 13.1 Å². The smallest absolute Gasteiger partial charge is 0.130 e. The molecule has 16 heavy (non-hydrogen) atoms. The number of rotatable bonds is 4. The first-order chi connectivity index (χ1) is 7.77. The zero-order chi connectivity index (χ0) is 11.4. The van der Waals surface area contributed by atoms with Gasteiger partial charge in [0.1, 0.15) is 11.6 Å². The second-order valence-corrected chi connectivity index (χ2v) is 3.38. The molecule has 0 saturated carbocycles. The van der Waals surface area contributed by atoms with Crippen molar-refractivity contribution in [2.24, 2.45) is 0 Å². The van der Waals surface area contributed by atoms with Gasteiger partial charge in [-0.25, -0.2) is 13.8 Å². The minimum absolute atomic E-state index is 0.0574. The summed E-state index contributed by atoms with van der Waals surface area (Å²) in [4.78, 5) is 6.73. The van der Waals surface area contributed by atoms with Crippen LogP contribution >= 0.6 is 0 Å². The highest BCUT2D eigenvalue weighted by Gasteiger charge is 2.07. The van der Waals surface area contributed by atoms with Gasteiger partial charge in [-0.3, -0.25) is 0 Å². The molecule has 0 aliphatic heterocycles. The van der Waals surface area contributed by atoms with E-state index in [4.69, 9.17) is 0 Å². The van der Waals surface area contributed by atoms with Crippen molar-refractivity contribution in [1.82, 2.24) is 15.3 Å². The second-order valence-electron chi connectivity index (χ2n) is 3.38. The molecule has 1 heterocycles. The molecule has 0 radical (unpaired) electrons. The highest BCUT2D eigenvalue weighted by atomic mass is 19.1. The lowest BCUT2D eigenvalue weighted by atomic mass is 10.2. The number of halogens is 2. The van der Waals surface area contributed by atoms with Crippen molar-refractivity contribution in [1.29, 1.82) is 0 Å². The number of aromatic nitrogens is 2. The van der Waals surface area contributed by atoms with Gasteiger partial charge >= 0.3 is 0 Å². The molecular formula is C11H11F2N3. The number of aromatic amines is 1. The summed E-state index contributed by atoms with van der Waals surface area (Å²) in [5.41, 5.74) is 0.929. The van der Waals surface area contributed by atoms with E-state index in [2.05, 4.69) is 15.3 Å². The van der Waals surface area contributed by atoms with Crippen molar-refractivity contribution in [3.05, 3.63) is 53.6 Å². The Balaban J connectivity index is 1.95. The van der Waals surface area contributed by atoms with Crippen LogP contribution in [0.4, 0.5) is 8.78 Å². The fourth-order valence-corrected chi connectivity index (χ4v) is 1.40. The Hall–Kier alpha value is -1.75. The standard InChI is InChI=1S/C11H11F2N3/c12-10-2-1-3-11(13)9(10)6-14-4-8-5-15-7-16-8/h1-3,5,7,14H,4,6H2,(H,15,16). The van der Waals surface area contributed by atoms with Crippen molar-refractivity contribution >= 4 is 0 Å². The van der Waals surface area contributed by atoms with Crippen LogP contribution in [0.15, 0.2) is 30.7 Å². The fourth-order valence-electron chi connectivity index (χ4n) is 1.40. The van der Waals surface area contributed by atoms with Gasteiger partial charge in [0, 0.05) is 30.5 Å². The van der Waals surface area contributed by atoms with Gasteiger partial charge in [0.25, 0.3) is 0 Å². The summed E-state index contributed by atoms with van der Waals surface area (Å²) in [5.74, 6) is -1.06. The normalized spacial score (nSPS) is 10.6.